The molecule has 0 spiro atoms. The normalized spacial score (nSPS) is 17.9. The van der Waals surface area contributed by atoms with E-state index in [4.69, 9.17) is 0 Å². The van der Waals surface area contributed by atoms with E-state index in [1.807, 2.05) is 12.3 Å². The second-order valence-electron chi connectivity index (χ2n) is 3.42. The van der Waals surface area contributed by atoms with E-state index < -0.39 is 0 Å². The summed E-state index contributed by atoms with van der Waals surface area (Å²) in [5.41, 5.74) is 3.48. The van der Waals surface area contributed by atoms with Crippen molar-refractivity contribution in [1.82, 2.24) is 4.98 Å². The highest BCUT2D eigenvalue weighted by molar-refractivity contribution is 5.92. The minimum Gasteiger partial charge on any atom is -0.466 e. The number of hydrogen-bond acceptors (Lipinski definition) is 2. The minimum atomic E-state index is -0.269. The summed E-state index contributed by atoms with van der Waals surface area (Å²) in [6.45, 7) is 0. The second kappa shape index (κ2) is 3.70. The SMILES string of the molecule is COC(=O)/C=C1/CCCc2[nH]ccc21. The van der Waals surface area contributed by atoms with Crippen LogP contribution in [0, 0.1) is 0 Å². The van der Waals surface area contributed by atoms with Crippen LogP contribution in [0.3, 0.4) is 0 Å². The second-order valence-corrected chi connectivity index (χ2v) is 3.42. The van der Waals surface area contributed by atoms with Crippen molar-refractivity contribution < 1.29 is 9.53 Å². The van der Waals surface area contributed by atoms with Crippen LogP contribution >= 0.6 is 0 Å². The third-order valence-corrected chi connectivity index (χ3v) is 2.54. The molecule has 0 bridgehead atoms. The van der Waals surface area contributed by atoms with Crippen LogP contribution in [0.5, 0.6) is 0 Å². The van der Waals surface area contributed by atoms with Gasteiger partial charge in [0, 0.05) is 18.0 Å². The van der Waals surface area contributed by atoms with E-state index in [9.17, 15) is 4.79 Å². The van der Waals surface area contributed by atoms with E-state index >= 15 is 0 Å². The molecule has 0 amide bonds. The zero-order valence-corrected chi connectivity index (χ0v) is 8.17. The molecule has 0 aliphatic heterocycles. The van der Waals surface area contributed by atoms with Crippen molar-refractivity contribution in [2.75, 3.05) is 7.11 Å². The number of hydrogen-bond donors (Lipinski definition) is 1. The van der Waals surface area contributed by atoms with Crippen LogP contribution in [0.25, 0.3) is 5.57 Å². The number of fused-ring (bicyclic) bond motifs is 1. The number of allylic oxidation sites excluding steroid dienone is 1. The molecule has 0 atom stereocenters. The number of nitrogens with one attached hydrogen (secondary N) is 1. The molecule has 0 aromatic carbocycles. The van der Waals surface area contributed by atoms with Crippen LogP contribution in [0.1, 0.15) is 24.1 Å². The van der Waals surface area contributed by atoms with E-state index in [-0.39, 0.29) is 5.97 Å². The molecule has 74 valence electrons. The van der Waals surface area contributed by atoms with Gasteiger partial charge in [-0.1, -0.05) is 0 Å². The number of rotatable bonds is 1. The summed E-state index contributed by atoms with van der Waals surface area (Å²) in [5, 5.41) is 0. The quantitative estimate of drug-likeness (QED) is 0.544. The molecule has 2 rings (SSSR count). The molecule has 1 aliphatic rings. The summed E-state index contributed by atoms with van der Waals surface area (Å²) in [5.74, 6) is -0.269. The first-order chi connectivity index (χ1) is 6.81. The van der Waals surface area contributed by atoms with E-state index in [1.54, 1.807) is 6.08 Å². The topological polar surface area (TPSA) is 42.1 Å². The smallest absolute Gasteiger partial charge is 0.330 e. The lowest BCUT2D eigenvalue weighted by atomic mass is 9.92. The number of ether oxygens (including phenoxy) is 1. The molecule has 0 unspecified atom stereocenters. The minimum absolute atomic E-state index is 0.269. The molecule has 0 saturated carbocycles. The monoisotopic (exact) mass is 191 g/mol. The number of H-pyrrole nitrogens is 1. The van der Waals surface area contributed by atoms with Gasteiger partial charge in [-0.25, -0.2) is 4.79 Å². The van der Waals surface area contributed by atoms with Gasteiger partial charge >= 0.3 is 5.97 Å². The van der Waals surface area contributed by atoms with Crippen molar-refractivity contribution in [3.05, 3.63) is 29.6 Å². The summed E-state index contributed by atoms with van der Waals surface area (Å²) < 4.78 is 4.62. The van der Waals surface area contributed by atoms with Gasteiger partial charge in [0.15, 0.2) is 0 Å². The Bertz CT molecular complexity index is 376. The van der Waals surface area contributed by atoms with E-state index in [0.717, 1.165) is 24.8 Å². The first kappa shape index (κ1) is 9.06. The average molecular weight is 191 g/mol. The van der Waals surface area contributed by atoms with Crippen LogP contribution in [-0.4, -0.2) is 18.1 Å². The predicted octanol–water partition coefficient (Wildman–Crippen LogP) is 1.91. The van der Waals surface area contributed by atoms with Crippen molar-refractivity contribution >= 4 is 11.5 Å². The third-order valence-electron chi connectivity index (χ3n) is 2.54. The molecule has 3 nitrogen and oxygen atoms in total. The lowest BCUT2D eigenvalue weighted by molar-refractivity contribution is -0.134. The molecule has 0 radical (unpaired) electrons. The largest absolute Gasteiger partial charge is 0.466 e. The summed E-state index contributed by atoms with van der Waals surface area (Å²) in [4.78, 5) is 14.3. The van der Waals surface area contributed by atoms with Gasteiger partial charge in [-0.3, -0.25) is 0 Å². The molecule has 1 aromatic heterocycles. The summed E-state index contributed by atoms with van der Waals surface area (Å²) in [6, 6.07) is 2.02. The lowest BCUT2D eigenvalue weighted by Crippen LogP contribution is -2.03. The Balaban J connectivity index is 2.32. The zero-order chi connectivity index (χ0) is 9.97. The Kier molecular flexibility index (Phi) is 2.39. The van der Waals surface area contributed by atoms with E-state index in [0.29, 0.717) is 0 Å². The number of carbonyl (C=O) groups excluding carboxylic acids is 1. The van der Waals surface area contributed by atoms with E-state index in [1.165, 1.54) is 18.4 Å². The van der Waals surface area contributed by atoms with Crippen molar-refractivity contribution in [1.29, 1.82) is 0 Å². The van der Waals surface area contributed by atoms with Gasteiger partial charge in [-0.05, 0) is 36.5 Å². The summed E-state index contributed by atoms with van der Waals surface area (Å²) >= 11 is 0. The van der Waals surface area contributed by atoms with Crippen LogP contribution in [0.2, 0.25) is 0 Å². The molecule has 3 heteroatoms. The first-order valence-corrected chi connectivity index (χ1v) is 4.76. The molecule has 1 aromatic rings. The standard InChI is InChI=1S/C11H13NO2/c1-14-11(13)7-8-3-2-4-10-9(8)5-6-12-10/h5-7,12H,2-4H2,1H3/b8-7-. The Hall–Kier alpha value is -1.51. The summed E-state index contributed by atoms with van der Waals surface area (Å²) in [6.07, 6.45) is 6.63. The molecule has 1 aliphatic carbocycles. The van der Waals surface area contributed by atoms with Crippen molar-refractivity contribution in [2.24, 2.45) is 0 Å². The maximum absolute atomic E-state index is 11.1. The highest BCUT2D eigenvalue weighted by Crippen LogP contribution is 2.29. The lowest BCUT2D eigenvalue weighted by Gasteiger charge is -2.14. The molecular formula is C11H13NO2. The van der Waals surface area contributed by atoms with Crippen molar-refractivity contribution in [3.63, 3.8) is 0 Å². The van der Waals surface area contributed by atoms with Crippen molar-refractivity contribution in [3.8, 4) is 0 Å². The number of esters is 1. The van der Waals surface area contributed by atoms with Crippen LogP contribution in [-0.2, 0) is 16.0 Å². The average Bonchev–Trinajstić information content (AvgIpc) is 2.66. The fourth-order valence-electron chi connectivity index (χ4n) is 1.85. The Morgan fingerprint density at radius 2 is 2.43 bits per heavy atom. The highest BCUT2D eigenvalue weighted by Gasteiger charge is 2.15. The van der Waals surface area contributed by atoms with Crippen LogP contribution in [0.15, 0.2) is 18.3 Å². The van der Waals surface area contributed by atoms with Gasteiger partial charge in [0.05, 0.1) is 7.11 Å². The van der Waals surface area contributed by atoms with E-state index in [2.05, 4.69) is 9.72 Å². The number of carbonyl (C=O) groups is 1. The maximum atomic E-state index is 11.1. The fraction of sp³-hybridized carbons (Fsp3) is 0.364. The Morgan fingerprint density at radius 1 is 1.57 bits per heavy atom. The van der Waals surface area contributed by atoms with Crippen molar-refractivity contribution in [2.45, 2.75) is 19.3 Å². The van der Waals surface area contributed by atoms with Gasteiger partial charge in [-0.2, -0.15) is 0 Å². The molecule has 1 heterocycles. The highest BCUT2D eigenvalue weighted by atomic mass is 16.5. The third kappa shape index (κ3) is 1.58. The first-order valence-electron chi connectivity index (χ1n) is 4.76. The van der Waals surface area contributed by atoms with Gasteiger partial charge in [0.2, 0.25) is 0 Å². The molecule has 0 saturated heterocycles. The van der Waals surface area contributed by atoms with Gasteiger partial charge < -0.3 is 9.72 Å². The molecule has 1 N–H and O–H groups in total. The molecule has 0 fully saturated rings. The van der Waals surface area contributed by atoms with Gasteiger partial charge in [-0.15, -0.1) is 0 Å². The van der Waals surface area contributed by atoms with Gasteiger partial charge in [0.25, 0.3) is 0 Å². The number of aromatic amines is 1. The van der Waals surface area contributed by atoms with Crippen LogP contribution < -0.4 is 0 Å². The number of aromatic nitrogens is 1. The number of aryl methyl sites for hydroxylation is 1. The number of methoxy groups -OCH3 is 1. The maximum Gasteiger partial charge on any atom is 0.330 e. The Labute approximate surface area is 82.8 Å². The zero-order valence-electron chi connectivity index (χ0n) is 8.17. The fourth-order valence-corrected chi connectivity index (χ4v) is 1.85. The van der Waals surface area contributed by atoms with Gasteiger partial charge in [0.1, 0.15) is 0 Å². The predicted molar refractivity (Wildman–Crippen MR) is 53.7 cm³/mol. The summed E-state index contributed by atoms with van der Waals surface area (Å²) in [7, 11) is 1.40. The molecular weight excluding hydrogens is 178 g/mol. The molecule has 14 heavy (non-hydrogen) atoms. The Morgan fingerprint density at radius 3 is 3.21 bits per heavy atom. The van der Waals surface area contributed by atoms with Crippen LogP contribution in [0.4, 0.5) is 0 Å².